The van der Waals surface area contributed by atoms with Crippen molar-refractivity contribution in [1.82, 2.24) is 19.8 Å². The third-order valence-corrected chi connectivity index (χ3v) is 7.13. The molecule has 2 aliphatic rings. The Balaban J connectivity index is 1.54. The first-order valence-corrected chi connectivity index (χ1v) is 10.7. The van der Waals surface area contributed by atoms with Crippen molar-refractivity contribution >= 4 is 5.78 Å². The molecule has 2 aliphatic heterocycles. The maximum absolute atomic E-state index is 13.6. The zero-order valence-electron chi connectivity index (χ0n) is 17.9. The Bertz CT molecular complexity index is 806. The van der Waals surface area contributed by atoms with Gasteiger partial charge in [-0.2, -0.15) is 0 Å². The number of ketones is 1. The summed E-state index contributed by atoms with van der Waals surface area (Å²) in [5.41, 5.74) is 13.8. The Kier molecular flexibility index (Phi) is 5.72. The lowest BCUT2D eigenvalue weighted by Crippen LogP contribution is -2.59. The fourth-order valence-corrected chi connectivity index (χ4v) is 5.02. The van der Waals surface area contributed by atoms with Crippen LogP contribution >= 0.6 is 0 Å². The fraction of sp³-hybridized carbons (Fsp3) is 0.522. The van der Waals surface area contributed by atoms with Crippen LogP contribution in [0.15, 0.2) is 48.8 Å². The number of rotatable bonds is 4. The van der Waals surface area contributed by atoms with Gasteiger partial charge in [0.15, 0.2) is 0 Å². The van der Waals surface area contributed by atoms with Gasteiger partial charge in [-0.3, -0.25) is 24.6 Å². The van der Waals surface area contributed by atoms with E-state index in [9.17, 15) is 4.79 Å². The lowest BCUT2D eigenvalue weighted by Gasteiger charge is -2.47. The minimum Gasteiger partial charge on any atom is -0.308 e. The van der Waals surface area contributed by atoms with E-state index in [1.54, 1.807) is 12.4 Å². The van der Waals surface area contributed by atoms with Crippen LogP contribution in [-0.2, 0) is 16.1 Å². The summed E-state index contributed by atoms with van der Waals surface area (Å²) >= 11 is 0. The molecule has 0 amide bonds. The summed E-state index contributed by atoms with van der Waals surface area (Å²) in [7, 11) is 4.02. The van der Waals surface area contributed by atoms with Crippen LogP contribution in [0.3, 0.4) is 0 Å². The van der Waals surface area contributed by atoms with Gasteiger partial charge in [0.05, 0.1) is 11.4 Å². The van der Waals surface area contributed by atoms with Crippen LogP contribution in [-0.4, -0.2) is 52.7 Å². The molecule has 30 heavy (non-hydrogen) atoms. The summed E-state index contributed by atoms with van der Waals surface area (Å²) in [5.74, 6) is 0.108. The standard InChI is InChI=1S/C23H32N6O/c1-28-13-9-17(15-22(28,24)19-7-3-5-11-26-19)21(30)18-10-14-29(2)23(25,16-18)20-8-4-6-12-27-20/h3-8,11-12,17-18H,9-10,13-16,24-25H2,1-2H3. The molecule has 4 rings (SSSR count). The molecule has 4 unspecified atom stereocenters. The first kappa shape index (κ1) is 21.1. The lowest BCUT2D eigenvalue weighted by molar-refractivity contribution is -0.134. The van der Waals surface area contributed by atoms with Crippen molar-refractivity contribution in [3.8, 4) is 0 Å². The maximum atomic E-state index is 13.6. The summed E-state index contributed by atoms with van der Waals surface area (Å²) in [6.45, 7) is 1.54. The Morgan fingerprint density at radius 3 is 1.67 bits per heavy atom. The van der Waals surface area contributed by atoms with Crippen LogP contribution in [0.4, 0.5) is 0 Å². The molecular formula is C23H32N6O. The van der Waals surface area contributed by atoms with Gasteiger partial charge in [0, 0.05) is 37.3 Å². The van der Waals surface area contributed by atoms with E-state index in [0.29, 0.717) is 12.8 Å². The number of nitrogens with two attached hydrogens (primary N) is 2. The molecule has 2 aromatic rings. The van der Waals surface area contributed by atoms with E-state index in [0.717, 1.165) is 37.3 Å². The normalized spacial score (nSPS) is 33.3. The number of likely N-dealkylation sites (tertiary alicyclic amines) is 2. The number of carbonyl (C=O) groups is 1. The van der Waals surface area contributed by atoms with Gasteiger partial charge in [0.25, 0.3) is 0 Å². The Morgan fingerprint density at radius 1 is 0.867 bits per heavy atom. The van der Waals surface area contributed by atoms with E-state index in [2.05, 4.69) is 19.8 Å². The van der Waals surface area contributed by atoms with Crippen molar-refractivity contribution in [1.29, 1.82) is 0 Å². The second kappa shape index (κ2) is 8.15. The average molecular weight is 409 g/mol. The smallest absolute Gasteiger partial charge is 0.139 e. The Labute approximate surface area is 178 Å². The zero-order valence-corrected chi connectivity index (χ0v) is 17.9. The molecular weight excluding hydrogens is 376 g/mol. The minimum atomic E-state index is -0.730. The summed E-state index contributed by atoms with van der Waals surface area (Å²) in [4.78, 5) is 26.8. The first-order valence-electron chi connectivity index (χ1n) is 10.7. The molecule has 2 fully saturated rings. The average Bonchev–Trinajstić information content (AvgIpc) is 2.78. The predicted molar refractivity (Wildman–Crippen MR) is 116 cm³/mol. The molecule has 4 heterocycles. The van der Waals surface area contributed by atoms with Crippen LogP contribution in [0.2, 0.25) is 0 Å². The van der Waals surface area contributed by atoms with Gasteiger partial charge >= 0.3 is 0 Å². The fourth-order valence-electron chi connectivity index (χ4n) is 5.02. The van der Waals surface area contributed by atoms with E-state index < -0.39 is 11.3 Å². The topological polar surface area (TPSA) is 101 Å². The van der Waals surface area contributed by atoms with Crippen LogP contribution < -0.4 is 11.5 Å². The quantitative estimate of drug-likeness (QED) is 0.793. The van der Waals surface area contributed by atoms with Crippen molar-refractivity contribution in [2.45, 2.75) is 37.0 Å². The molecule has 7 nitrogen and oxygen atoms in total. The highest BCUT2D eigenvalue weighted by Crippen LogP contribution is 2.40. The van der Waals surface area contributed by atoms with Gasteiger partial charge in [-0.15, -0.1) is 0 Å². The van der Waals surface area contributed by atoms with Gasteiger partial charge in [-0.05, 0) is 64.0 Å². The van der Waals surface area contributed by atoms with Gasteiger partial charge in [-0.1, -0.05) is 12.1 Å². The predicted octanol–water partition coefficient (Wildman–Crippen LogP) is 1.65. The number of pyridine rings is 2. The van der Waals surface area contributed by atoms with Crippen LogP contribution in [0, 0.1) is 11.8 Å². The minimum absolute atomic E-state index is 0.0883. The van der Waals surface area contributed by atoms with Gasteiger partial charge in [0.1, 0.15) is 17.1 Å². The third kappa shape index (κ3) is 3.67. The highest BCUT2D eigenvalue weighted by Gasteiger charge is 2.47. The van der Waals surface area contributed by atoms with Crippen molar-refractivity contribution in [2.75, 3.05) is 27.2 Å². The number of Topliss-reactive ketones (excluding diaryl/α,β-unsaturated/α-hetero) is 1. The van der Waals surface area contributed by atoms with Crippen molar-refractivity contribution in [2.24, 2.45) is 23.3 Å². The van der Waals surface area contributed by atoms with E-state index in [1.165, 1.54) is 0 Å². The van der Waals surface area contributed by atoms with Crippen LogP contribution in [0.5, 0.6) is 0 Å². The number of hydrogen-bond donors (Lipinski definition) is 2. The summed E-state index contributed by atoms with van der Waals surface area (Å²) in [5, 5.41) is 0. The second-order valence-electron chi connectivity index (χ2n) is 8.90. The highest BCUT2D eigenvalue weighted by molar-refractivity contribution is 5.84. The molecule has 7 heteroatoms. The summed E-state index contributed by atoms with van der Waals surface area (Å²) in [6, 6.07) is 11.6. The number of aromatic nitrogens is 2. The van der Waals surface area contributed by atoms with E-state index >= 15 is 0 Å². The van der Waals surface area contributed by atoms with E-state index in [4.69, 9.17) is 11.5 Å². The molecule has 160 valence electrons. The number of carbonyl (C=O) groups excluding carboxylic acids is 1. The van der Waals surface area contributed by atoms with Crippen LogP contribution in [0.25, 0.3) is 0 Å². The Morgan fingerprint density at radius 2 is 1.30 bits per heavy atom. The third-order valence-electron chi connectivity index (χ3n) is 7.13. The number of hydrogen-bond acceptors (Lipinski definition) is 7. The molecule has 2 aromatic heterocycles. The van der Waals surface area contributed by atoms with Crippen LogP contribution in [0.1, 0.15) is 37.1 Å². The Hall–Kier alpha value is -2.19. The molecule has 0 spiro atoms. The first-order chi connectivity index (χ1) is 14.3. The van der Waals surface area contributed by atoms with Gasteiger partial charge < -0.3 is 11.5 Å². The summed E-state index contributed by atoms with van der Waals surface area (Å²) in [6.07, 6.45) is 6.30. The van der Waals surface area contributed by atoms with E-state index in [-0.39, 0.29) is 17.6 Å². The number of nitrogens with zero attached hydrogens (tertiary/aromatic N) is 4. The summed E-state index contributed by atoms with van der Waals surface area (Å²) < 4.78 is 0. The zero-order chi connectivity index (χ0) is 21.4. The lowest BCUT2D eigenvalue weighted by atomic mass is 9.74. The monoisotopic (exact) mass is 408 g/mol. The number of piperidine rings is 2. The molecule has 0 bridgehead atoms. The highest BCUT2D eigenvalue weighted by atomic mass is 16.1. The van der Waals surface area contributed by atoms with Crippen molar-refractivity contribution in [3.05, 3.63) is 60.2 Å². The second-order valence-corrected chi connectivity index (χ2v) is 8.90. The molecule has 4 N–H and O–H groups in total. The largest absolute Gasteiger partial charge is 0.308 e. The maximum Gasteiger partial charge on any atom is 0.139 e. The van der Waals surface area contributed by atoms with Gasteiger partial charge in [0.2, 0.25) is 0 Å². The molecule has 4 atom stereocenters. The molecule has 0 saturated carbocycles. The van der Waals surface area contributed by atoms with Gasteiger partial charge in [-0.25, -0.2) is 0 Å². The molecule has 0 aromatic carbocycles. The van der Waals surface area contributed by atoms with E-state index in [1.807, 2.05) is 50.5 Å². The molecule has 2 saturated heterocycles. The SMILES string of the molecule is CN1CCC(C(=O)C2CCN(C)C(N)(c3ccccn3)C2)CC1(N)c1ccccn1. The molecule has 0 radical (unpaired) electrons. The van der Waals surface area contributed by atoms with Crippen molar-refractivity contribution < 1.29 is 4.79 Å². The molecule has 0 aliphatic carbocycles. The van der Waals surface area contributed by atoms with Crippen molar-refractivity contribution in [3.63, 3.8) is 0 Å².